The van der Waals surface area contributed by atoms with Gasteiger partial charge in [-0.3, -0.25) is 0 Å². The molecule has 5 rings (SSSR count). The normalized spacial score (nSPS) is 13.7. The topological polar surface area (TPSA) is 80.0 Å². The van der Waals surface area contributed by atoms with Crippen LogP contribution < -0.4 is 10.2 Å². The number of hydrogen-bond acceptors (Lipinski definition) is 7. The van der Waals surface area contributed by atoms with E-state index in [0.29, 0.717) is 27.3 Å². The Bertz CT molecular complexity index is 1220. The standard InChI is InChI=1S/C19H16Cl2N6O.2ClH/c1-9-3-10(2)25-19-15(9)16-17(28-19)18(24-8-23-16)26-11-6-27(7-11)13-4-14(21)22-5-12(13)20;;/h3-5,8,11H,6-7H2,1-2H3,(H,23,24,26);2*1H. The van der Waals surface area contributed by atoms with Gasteiger partial charge in [0.15, 0.2) is 11.4 Å². The van der Waals surface area contributed by atoms with Crippen LogP contribution in [0.2, 0.25) is 10.2 Å². The highest BCUT2D eigenvalue weighted by molar-refractivity contribution is 6.34. The number of nitrogens with one attached hydrogen (secondary N) is 1. The SMILES string of the molecule is Cc1cc(C)c2c(n1)oc1c(NC3CN(c4cc(Cl)ncc4Cl)C3)ncnc12.Cl.Cl. The summed E-state index contributed by atoms with van der Waals surface area (Å²) in [5.74, 6) is 0.670. The molecule has 0 radical (unpaired) electrons. The number of fused-ring (bicyclic) bond motifs is 3. The summed E-state index contributed by atoms with van der Waals surface area (Å²) in [7, 11) is 0. The first-order chi connectivity index (χ1) is 13.5. The Kier molecular flexibility index (Phi) is 6.48. The fourth-order valence-electron chi connectivity index (χ4n) is 3.62. The van der Waals surface area contributed by atoms with E-state index in [2.05, 4.69) is 30.2 Å². The summed E-state index contributed by atoms with van der Waals surface area (Å²) in [5.41, 5.74) is 4.87. The van der Waals surface area contributed by atoms with Gasteiger partial charge in [0.25, 0.3) is 0 Å². The summed E-state index contributed by atoms with van der Waals surface area (Å²) in [6, 6.07) is 4.00. The van der Waals surface area contributed by atoms with Gasteiger partial charge in [-0.15, -0.1) is 24.8 Å². The molecule has 158 valence electrons. The first-order valence-corrected chi connectivity index (χ1v) is 9.59. The van der Waals surface area contributed by atoms with Gasteiger partial charge in [0.1, 0.15) is 17.0 Å². The Morgan fingerprint density at radius 1 is 1.10 bits per heavy atom. The molecule has 4 aromatic heterocycles. The van der Waals surface area contributed by atoms with Gasteiger partial charge in [-0.25, -0.2) is 19.9 Å². The summed E-state index contributed by atoms with van der Waals surface area (Å²) >= 11 is 12.2. The first kappa shape index (κ1) is 22.6. The maximum Gasteiger partial charge on any atom is 0.229 e. The number of rotatable bonds is 3. The highest BCUT2D eigenvalue weighted by atomic mass is 35.5. The van der Waals surface area contributed by atoms with Crippen molar-refractivity contribution in [2.24, 2.45) is 0 Å². The predicted octanol–water partition coefficient (Wildman–Crippen LogP) is 5.23. The molecule has 0 spiro atoms. The van der Waals surface area contributed by atoms with E-state index in [1.54, 1.807) is 18.6 Å². The van der Waals surface area contributed by atoms with Crippen molar-refractivity contribution in [2.45, 2.75) is 19.9 Å². The van der Waals surface area contributed by atoms with Crippen LogP contribution in [0.4, 0.5) is 11.5 Å². The van der Waals surface area contributed by atoms with E-state index in [-0.39, 0.29) is 30.9 Å². The maximum absolute atomic E-state index is 6.24. The number of anilines is 2. The molecule has 0 atom stereocenters. The van der Waals surface area contributed by atoms with Crippen LogP contribution in [0.5, 0.6) is 0 Å². The van der Waals surface area contributed by atoms with Crippen molar-refractivity contribution in [2.75, 3.05) is 23.3 Å². The second-order valence-corrected chi connectivity index (χ2v) is 7.76. The molecule has 1 aliphatic heterocycles. The highest BCUT2D eigenvalue weighted by Gasteiger charge is 2.30. The summed E-state index contributed by atoms with van der Waals surface area (Å²) in [6.07, 6.45) is 3.12. The number of furan rings is 1. The molecule has 0 unspecified atom stereocenters. The molecule has 0 aliphatic carbocycles. The number of pyridine rings is 2. The Labute approximate surface area is 195 Å². The summed E-state index contributed by atoms with van der Waals surface area (Å²) < 4.78 is 6.00. The van der Waals surface area contributed by atoms with Crippen LogP contribution in [0.15, 0.2) is 29.1 Å². The van der Waals surface area contributed by atoms with Crippen molar-refractivity contribution in [3.8, 4) is 0 Å². The first-order valence-electron chi connectivity index (χ1n) is 8.83. The Hall–Kier alpha value is -2.06. The van der Waals surface area contributed by atoms with E-state index in [1.165, 1.54) is 0 Å². The van der Waals surface area contributed by atoms with E-state index in [4.69, 9.17) is 27.6 Å². The smallest absolute Gasteiger partial charge is 0.229 e. The van der Waals surface area contributed by atoms with Crippen molar-refractivity contribution in [3.05, 3.63) is 46.1 Å². The molecule has 0 bridgehead atoms. The number of halogens is 4. The zero-order valence-electron chi connectivity index (χ0n) is 16.0. The molecule has 0 saturated carbocycles. The molecular weight excluding hydrogens is 470 g/mol. The third-order valence-electron chi connectivity index (χ3n) is 4.92. The zero-order chi connectivity index (χ0) is 19.4. The summed E-state index contributed by atoms with van der Waals surface area (Å²) in [6.45, 7) is 5.52. The van der Waals surface area contributed by atoms with Gasteiger partial charge in [-0.2, -0.15) is 0 Å². The van der Waals surface area contributed by atoms with Crippen molar-refractivity contribution >= 4 is 81.7 Å². The van der Waals surface area contributed by atoms with E-state index < -0.39 is 0 Å². The quantitative estimate of drug-likeness (QED) is 0.396. The summed E-state index contributed by atoms with van der Waals surface area (Å²) in [4.78, 5) is 19.4. The van der Waals surface area contributed by atoms with Crippen molar-refractivity contribution in [1.82, 2.24) is 19.9 Å². The molecule has 30 heavy (non-hydrogen) atoms. The molecule has 7 nitrogen and oxygen atoms in total. The number of hydrogen-bond donors (Lipinski definition) is 1. The molecule has 0 aromatic carbocycles. The minimum absolute atomic E-state index is 0. The molecule has 11 heteroatoms. The van der Waals surface area contributed by atoms with Crippen LogP contribution in [0.25, 0.3) is 22.2 Å². The second kappa shape index (κ2) is 8.59. The third-order valence-corrected chi connectivity index (χ3v) is 5.41. The Morgan fingerprint density at radius 3 is 2.63 bits per heavy atom. The van der Waals surface area contributed by atoms with Crippen LogP contribution in [0.3, 0.4) is 0 Å². The second-order valence-electron chi connectivity index (χ2n) is 6.97. The molecular formula is C19H18Cl4N6O. The molecule has 0 amide bonds. The van der Waals surface area contributed by atoms with Crippen LogP contribution in [-0.2, 0) is 0 Å². The van der Waals surface area contributed by atoms with Crippen LogP contribution in [0, 0.1) is 13.8 Å². The Balaban J connectivity index is 0.00000128. The van der Waals surface area contributed by atoms with Gasteiger partial charge >= 0.3 is 0 Å². The third kappa shape index (κ3) is 3.83. The lowest BCUT2D eigenvalue weighted by atomic mass is 10.1. The number of nitrogens with zero attached hydrogens (tertiary/aromatic N) is 5. The summed E-state index contributed by atoms with van der Waals surface area (Å²) in [5, 5.41) is 5.38. The lowest BCUT2D eigenvalue weighted by Gasteiger charge is -2.41. The minimum atomic E-state index is 0. The molecule has 5 heterocycles. The average Bonchev–Trinajstić information content (AvgIpc) is 2.99. The highest BCUT2D eigenvalue weighted by Crippen LogP contribution is 2.34. The van der Waals surface area contributed by atoms with Crippen LogP contribution in [-0.4, -0.2) is 39.1 Å². The lowest BCUT2D eigenvalue weighted by Crippen LogP contribution is -2.55. The van der Waals surface area contributed by atoms with Gasteiger partial charge in [-0.05, 0) is 25.5 Å². The molecule has 1 saturated heterocycles. The fourth-order valence-corrected chi connectivity index (χ4v) is 3.99. The Morgan fingerprint density at radius 2 is 1.87 bits per heavy atom. The van der Waals surface area contributed by atoms with Crippen LogP contribution in [0.1, 0.15) is 11.3 Å². The van der Waals surface area contributed by atoms with Gasteiger partial charge < -0.3 is 14.6 Å². The van der Waals surface area contributed by atoms with Crippen molar-refractivity contribution in [1.29, 1.82) is 0 Å². The molecule has 1 N–H and O–H groups in total. The van der Waals surface area contributed by atoms with E-state index in [0.717, 1.165) is 40.9 Å². The largest absolute Gasteiger partial charge is 0.432 e. The number of aryl methyl sites for hydroxylation is 2. The van der Waals surface area contributed by atoms with E-state index >= 15 is 0 Å². The predicted molar refractivity (Wildman–Crippen MR) is 125 cm³/mol. The van der Waals surface area contributed by atoms with Gasteiger partial charge in [0.2, 0.25) is 5.71 Å². The zero-order valence-corrected chi connectivity index (χ0v) is 19.2. The molecule has 4 aromatic rings. The molecule has 1 fully saturated rings. The van der Waals surface area contributed by atoms with Crippen molar-refractivity contribution < 1.29 is 4.42 Å². The minimum Gasteiger partial charge on any atom is -0.432 e. The van der Waals surface area contributed by atoms with Gasteiger partial charge in [0, 0.05) is 31.0 Å². The maximum atomic E-state index is 6.24. The van der Waals surface area contributed by atoms with Gasteiger partial charge in [0.05, 0.1) is 22.1 Å². The average molecular weight is 488 g/mol. The van der Waals surface area contributed by atoms with Crippen LogP contribution >= 0.6 is 48.0 Å². The van der Waals surface area contributed by atoms with Crippen molar-refractivity contribution in [3.63, 3.8) is 0 Å². The van der Waals surface area contributed by atoms with Gasteiger partial charge in [-0.1, -0.05) is 23.2 Å². The van der Waals surface area contributed by atoms with E-state index in [1.807, 2.05) is 19.9 Å². The monoisotopic (exact) mass is 486 g/mol. The van der Waals surface area contributed by atoms with E-state index in [9.17, 15) is 0 Å². The fraction of sp³-hybridized carbons (Fsp3) is 0.263. The molecule has 1 aliphatic rings. The number of aromatic nitrogens is 4. The lowest BCUT2D eigenvalue weighted by molar-refractivity contribution is 0.547.